The van der Waals surface area contributed by atoms with Gasteiger partial charge in [-0.15, -0.1) is 0 Å². The Hall–Kier alpha value is -0.883. The molecular weight excluding hydrogens is 312 g/mol. The molecule has 0 saturated heterocycles. The molecule has 1 atom stereocenters. The quantitative estimate of drug-likeness (QED) is 0.339. The summed E-state index contributed by atoms with van der Waals surface area (Å²) < 4.78 is 16.4. The molecule has 0 aliphatic rings. The third-order valence-corrected chi connectivity index (χ3v) is 8.66. The third kappa shape index (κ3) is 9.10. The van der Waals surface area contributed by atoms with Gasteiger partial charge in [-0.2, -0.15) is 0 Å². The topological polar surface area (TPSA) is 61.8 Å². The first-order valence-corrected chi connectivity index (χ1v) is 11.4. The van der Waals surface area contributed by atoms with Crippen molar-refractivity contribution in [3.63, 3.8) is 0 Å². The summed E-state index contributed by atoms with van der Waals surface area (Å²) in [7, 11) is -2.08. The molecule has 0 N–H and O–H groups in total. The lowest BCUT2D eigenvalue weighted by atomic mass is 10.2. The maximum Gasteiger partial charge on any atom is 0.308 e. The van der Waals surface area contributed by atoms with Crippen molar-refractivity contribution in [1.82, 2.24) is 0 Å². The minimum atomic E-state index is -2.08. The highest BCUT2D eigenvalue weighted by Crippen LogP contribution is 2.38. The lowest BCUT2D eigenvalue weighted by Gasteiger charge is -2.39. The van der Waals surface area contributed by atoms with Crippen LogP contribution in [0.25, 0.3) is 0 Å². The maximum atomic E-state index is 12.0. The first-order valence-electron chi connectivity index (χ1n) is 8.52. The van der Waals surface area contributed by atoms with E-state index in [0.29, 0.717) is 13.2 Å². The number of esters is 2. The van der Waals surface area contributed by atoms with Gasteiger partial charge in [-0.05, 0) is 31.5 Å². The molecule has 0 aromatic heterocycles. The predicted molar refractivity (Wildman–Crippen MR) is 93.8 cm³/mol. The average Bonchev–Trinajstić information content (AvgIpc) is 2.37. The van der Waals surface area contributed by atoms with Crippen molar-refractivity contribution in [3.8, 4) is 0 Å². The SMILES string of the molecule is CCCCOC(=O)C[C@H](CC(=O)OCC)O[Si](C)(C)C(C)(C)C. The Morgan fingerprint density at radius 3 is 1.96 bits per heavy atom. The van der Waals surface area contributed by atoms with Gasteiger partial charge >= 0.3 is 11.9 Å². The van der Waals surface area contributed by atoms with Crippen LogP contribution in [0.4, 0.5) is 0 Å². The molecule has 0 aromatic rings. The molecule has 0 aliphatic carbocycles. The van der Waals surface area contributed by atoms with E-state index in [9.17, 15) is 9.59 Å². The van der Waals surface area contributed by atoms with Crippen molar-refractivity contribution in [2.75, 3.05) is 13.2 Å². The number of hydrogen-bond acceptors (Lipinski definition) is 5. The molecule has 0 spiro atoms. The average molecular weight is 347 g/mol. The van der Waals surface area contributed by atoms with E-state index in [2.05, 4.69) is 33.9 Å². The summed E-state index contributed by atoms with van der Waals surface area (Å²) in [5, 5.41) is 0.00598. The minimum absolute atomic E-state index is 0.00598. The number of unbranched alkanes of at least 4 members (excludes halogenated alkanes) is 1. The molecule has 0 aliphatic heterocycles. The number of hydrogen-bond donors (Lipinski definition) is 0. The molecule has 0 amide bonds. The minimum Gasteiger partial charge on any atom is -0.466 e. The molecule has 0 heterocycles. The Labute approximate surface area is 142 Å². The second-order valence-corrected chi connectivity index (χ2v) is 12.0. The van der Waals surface area contributed by atoms with Crippen molar-refractivity contribution >= 4 is 20.3 Å². The number of ether oxygens (including phenoxy) is 2. The van der Waals surface area contributed by atoms with Crippen LogP contribution >= 0.6 is 0 Å². The van der Waals surface area contributed by atoms with Crippen molar-refractivity contribution in [3.05, 3.63) is 0 Å². The number of carbonyl (C=O) groups excluding carboxylic acids is 2. The maximum absolute atomic E-state index is 12.0. The van der Waals surface area contributed by atoms with E-state index >= 15 is 0 Å². The van der Waals surface area contributed by atoms with E-state index in [-0.39, 0.29) is 29.8 Å². The third-order valence-electron chi connectivity index (χ3n) is 4.12. The van der Waals surface area contributed by atoms with Crippen LogP contribution in [-0.4, -0.2) is 39.6 Å². The fraction of sp³-hybridized carbons (Fsp3) is 0.882. The zero-order chi connectivity index (χ0) is 18.1. The van der Waals surface area contributed by atoms with Gasteiger partial charge in [0, 0.05) is 0 Å². The summed E-state index contributed by atoms with van der Waals surface area (Å²) in [5.41, 5.74) is 0. The van der Waals surface area contributed by atoms with Crippen LogP contribution in [0, 0.1) is 0 Å². The van der Waals surface area contributed by atoms with Gasteiger partial charge in [-0.3, -0.25) is 9.59 Å². The fourth-order valence-corrected chi connectivity index (χ4v) is 3.08. The Morgan fingerprint density at radius 2 is 1.52 bits per heavy atom. The highest BCUT2D eigenvalue weighted by atomic mass is 28.4. The molecule has 0 fully saturated rings. The molecule has 0 saturated carbocycles. The number of rotatable bonds is 10. The van der Waals surface area contributed by atoms with Gasteiger partial charge in [0.2, 0.25) is 0 Å². The van der Waals surface area contributed by atoms with Crippen LogP contribution in [0.3, 0.4) is 0 Å². The fourth-order valence-electron chi connectivity index (χ4n) is 1.73. The first kappa shape index (κ1) is 22.1. The lowest BCUT2D eigenvalue weighted by Crippen LogP contribution is -2.45. The second kappa shape index (κ2) is 10.1. The summed E-state index contributed by atoms with van der Waals surface area (Å²) in [6, 6.07) is 0. The van der Waals surface area contributed by atoms with Crippen molar-refractivity contribution in [2.45, 2.75) is 84.5 Å². The van der Waals surface area contributed by atoms with Crippen LogP contribution in [0.1, 0.15) is 60.3 Å². The molecule has 0 rings (SSSR count). The molecule has 0 radical (unpaired) electrons. The van der Waals surface area contributed by atoms with Crippen molar-refractivity contribution in [1.29, 1.82) is 0 Å². The van der Waals surface area contributed by atoms with Gasteiger partial charge in [-0.25, -0.2) is 0 Å². The van der Waals surface area contributed by atoms with E-state index in [0.717, 1.165) is 12.8 Å². The van der Waals surface area contributed by atoms with Gasteiger partial charge in [0.05, 0.1) is 32.2 Å². The van der Waals surface area contributed by atoms with Gasteiger partial charge in [0.1, 0.15) is 0 Å². The van der Waals surface area contributed by atoms with Crippen LogP contribution in [0.15, 0.2) is 0 Å². The van der Waals surface area contributed by atoms with Gasteiger partial charge < -0.3 is 13.9 Å². The first-order chi connectivity index (χ1) is 10.5. The van der Waals surface area contributed by atoms with E-state index in [1.165, 1.54) is 0 Å². The zero-order valence-corrected chi connectivity index (χ0v) is 16.9. The van der Waals surface area contributed by atoms with E-state index in [1.807, 2.05) is 6.92 Å². The summed E-state index contributed by atoms with van der Waals surface area (Å²) in [6.07, 6.45) is 1.51. The van der Waals surface area contributed by atoms with Crippen LogP contribution in [0.5, 0.6) is 0 Å². The Kier molecular flexibility index (Phi) is 9.69. The predicted octanol–water partition coefficient (Wildman–Crippen LogP) is 4.06. The molecule has 0 unspecified atom stereocenters. The highest BCUT2D eigenvalue weighted by Gasteiger charge is 2.40. The Bertz CT molecular complexity index is 374. The molecular formula is C17H34O5Si. The largest absolute Gasteiger partial charge is 0.466 e. The zero-order valence-electron chi connectivity index (χ0n) is 15.9. The van der Waals surface area contributed by atoms with Crippen LogP contribution < -0.4 is 0 Å². The van der Waals surface area contributed by atoms with Crippen LogP contribution in [0.2, 0.25) is 18.1 Å². The molecule has 6 heteroatoms. The number of carbonyl (C=O) groups is 2. The summed E-state index contributed by atoms with van der Waals surface area (Å²) in [6.45, 7) is 15.1. The Balaban J connectivity index is 4.81. The summed E-state index contributed by atoms with van der Waals surface area (Å²) in [5.74, 6) is -0.649. The summed E-state index contributed by atoms with van der Waals surface area (Å²) >= 11 is 0. The molecule has 0 aromatic carbocycles. The van der Waals surface area contributed by atoms with Crippen molar-refractivity contribution < 1.29 is 23.5 Å². The lowest BCUT2D eigenvalue weighted by molar-refractivity contribution is -0.148. The standard InChI is InChI=1S/C17H34O5Si/c1-8-10-11-21-16(19)13-14(12-15(18)20-9-2)22-23(6,7)17(3,4)5/h14H,8-13H2,1-7H3/t14-/m0/s1. The van der Waals surface area contributed by atoms with Crippen molar-refractivity contribution in [2.24, 2.45) is 0 Å². The molecule has 5 nitrogen and oxygen atoms in total. The van der Waals surface area contributed by atoms with Gasteiger partial charge in [0.25, 0.3) is 0 Å². The van der Waals surface area contributed by atoms with E-state index in [1.54, 1.807) is 6.92 Å². The monoisotopic (exact) mass is 346 g/mol. The highest BCUT2D eigenvalue weighted by molar-refractivity contribution is 6.74. The van der Waals surface area contributed by atoms with Crippen LogP contribution in [-0.2, 0) is 23.5 Å². The van der Waals surface area contributed by atoms with Gasteiger partial charge in [-0.1, -0.05) is 34.1 Å². The molecule has 136 valence electrons. The molecule has 23 heavy (non-hydrogen) atoms. The van der Waals surface area contributed by atoms with E-state index in [4.69, 9.17) is 13.9 Å². The smallest absolute Gasteiger partial charge is 0.308 e. The second-order valence-electron chi connectivity index (χ2n) is 7.29. The summed E-state index contributed by atoms with van der Waals surface area (Å²) in [4.78, 5) is 23.8. The van der Waals surface area contributed by atoms with Gasteiger partial charge in [0.15, 0.2) is 8.32 Å². The van der Waals surface area contributed by atoms with E-state index < -0.39 is 14.4 Å². The Morgan fingerprint density at radius 1 is 1.00 bits per heavy atom. The normalized spacial score (nSPS) is 13.5. The molecule has 0 bridgehead atoms.